The topological polar surface area (TPSA) is 29.5 Å². The van der Waals surface area contributed by atoms with Crippen molar-refractivity contribution in [2.45, 2.75) is 38.7 Å². The van der Waals surface area contributed by atoms with Gasteiger partial charge in [0.25, 0.3) is 0 Å². The average molecular weight is 308 g/mol. The van der Waals surface area contributed by atoms with Gasteiger partial charge in [0.05, 0.1) is 13.2 Å². The molecule has 1 aromatic carbocycles. The van der Waals surface area contributed by atoms with Gasteiger partial charge in [-0.05, 0) is 35.2 Å². The van der Waals surface area contributed by atoms with Crippen LogP contribution in [0.3, 0.4) is 0 Å². The predicted molar refractivity (Wildman–Crippen MR) is 84.6 cm³/mol. The Balaban J connectivity index is 2.12. The second-order valence-electron chi connectivity index (χ2n) is 6.14. The van der Waals surface area contributed by atoms with Crippen molar-refractivity contribution < 1.29 is 14.2 Å². The highest BCUT2D eigenvalue weighted by molar-refractivity contribution is 7.12. The van der Waals surface area contributed by atoms with Gasteiger partial charge >= 0.3 is 0 Å². The van der Waals surface area contributed by atoms with Crippen LogP contribution in [0.1, 0.15) is 42.2 Å². The van der Waals surface area contributed by atoms with Crippen LogP contribution in [-0.2, 0) is 11.8 Å². The molecule has 0 spiro atoms. The second kappa shape index (κ2) is 6.16. The quantitative estimate of drug-likeness (QED) is 0.903. The number of aliphatic hydroxyl groups excluding tert-OH is 1. The molecule has 114 valence electrons. The Bertz CT molecular complexity index is 613. The molecule has 2 nitrogen and oxygen atoms in total. The number of benzene rings is 1. The molecular weight excluding hydrogens is 287 g/mol. The van der Waals surface area contributed by atoms with Crippen molar-refractivity contribution in [3.8, 4) is 5.75 Å². The second-order valence-corrected chi connectivity index (χ2v) is 7.26. The molecule has 1 aromatic heterocycles. The van der Waals surface area contributed by atoms with Crippen molar-refractivity contribution >= 4 is 11.3 Å². The molecule has 21 heavy (non-hydrogen) atoms. The Hall–Kier alpha value is -1.39. The summed E-state index contributed by atoms with van der Waals surface area (Å²) in [7, 11) is 1.44. The van der Waals surface area contributed by atoms with Gasteiger partial charge in [-0.25, -0.2) is 4.39 Å². The fraction of sp³-hybridized carbons (Fsp3) is 0.412. The highest BCUT2D eigenvalue weighted by Crippen LogP contribution is 2.33. The lowest BCUT2D eigenvalue weighted by Gasteiger charge is -2.15. The molecule has 0 amide bonds. The molecule has 2 aromatic rings. The smallest absolute Gasteiger partial charge is 0.165 e. The van der Waals surface area contributed by atoms with Crippen LogP contribution in [-0.4, -0.2) is 12.2 Å². The lowest BCUT2D eigenvalue weighted by atomic mass is 9.95. The first-order valence-electron chi connectivity index (χ1n) is 6.92. The maximum absolute atomic E-state index is 13.7. The molecule has 0 bridgehead atoms. The Morgan fingerprint density at radius 3 is 2.48 bits per heavy atom. The summed E-state index contributed by atoms with van der Waals surface area (Å²) >= 11 is 1.61. The molecule has 0 fully saturated rings. The summed E-state index contributed by atoms with van der Waals surface area (Å²) in [6.07, 6.45) is -0.218. The summed E-state index contributed by atoms with van der Waals surface area (Å²) in [5.74, 6) is -0.178. The van der Waals surface area contributed by atoms with Gasteiger partial charge in [-0.2, -0.15) is 0 Å². The van der Waals surface area contributed by atoms with E-state index in [4.69, 9.17) is 4.74 Å². The minimum atomic E-state index is -0.612. The van der Waals surface area contributed by atoms with Crippen molar-refractivity contribution in [3.05, 3.63) is 51.5 Å². The lowest BCUT2D eigenvalue weighted by Crippen LogP contribution is -2.08. The molecule has 1 atom stereocenters. The van der Waals surface area contributed by atoms with Crippen LogP contribution < -0.4 is 4.74 Å². The summed E-state index contributed by atoms with van der Waals surface area (Å²) in [5.41, 5.74) is 0.834. The Kier molecular flexibility index (Phi) is 4.69. The predicted octanol–water partition coefficient (Wildman–Crippen LogP) is 4.47. The van der Waals surface area contributed by atoms with E-state index in [-0.39, 0.29) is 11.2 Å². The summed E-state index contributed by atoms with van der Waals surface area (Å²) in [6, 6.07) is 8.80. The first kappa shape index (κ1) is 16.0. The van der Waals surface area contributed by atoms with Crippen molar-refractivity contribution in [2.24, 2.45) is 0 Å². The lowest BCUT2D eigenvalue weighted by molar-refractivity contribution is 0.182. The number of thiophene rings is 1. The Morgan fingerprint density at radius 2 is 1.95 bits per heavy atom. The third kappa shape index (κ3) is 3.83. The fourth-order valence-electron chi connectivity index (χ4n) is 2.10. The first-order valence-corrected chi connectivity index (χ1v) is 7.73. The van der Waals surface area contributed by atoms with Crippen LogP contribution in [0.5, 0.6) is 5.75 Å². The third-order valence-corrected chi connectivity index (χ3v) is 4.95. The number of hydrogen-bond donors (Lipinski definition) is 1. The zero-order valence-corrected chi connectivity index (χ0v) is 13.6. The zero-order valence-electron chi connectivity index (χ0n) is 12.8. The molecule has 0 aliphatic rings. The van der Waals surface area contributed by atoms with Crippen molar-refractivity contribution in [1.29, 1.82) is 0 Å². The van der Waals surface area contributed by atoms with Crippen LogP contribution in [0.25, 0.3) is 0 Å². The van der Waals surface area contributed by atoms with Crippen LogP contribution in [0.2, 0.25) is 0 Å². The molecule has 4 heteroatoms. The van der Waals surface area contributed by atoms with Crippen LogP contribution >= 0.6 is 11.3 Å². The number of rotatable bonds is 4. The number of ether oxygens (including phenoxy) is 1. The molecule has 0 aliphatic carbocycles. The van der Waals surface area contributed by atoms with Gasteiger partial charge < -0.3 is 9.84 Å². The van der Waals surface area contributed by atoms with E-state index >= 15 is 0 Å². The summed E-state index contributed by atoms with van der Waals surface area (Å²) in [5, 5.41) is 10.3. The maximum atomic E-state index is 13.7. The average Bonchev–Trinajstić information content (AvgIpc) is 2.88. The molecule has 1 unspecified atom stereocenters. The highest BCUT2D eigenvalue weighted by atomic mass is 32.1. The van der Waals surface area contributed by atoms with Crippen LogP contribution in [0.4, 0.5) is 4.39 Å². The van der Waals surface area contributed by atoms with Gasteiger partial charge in [0.2, 0.25) is 0 Å². The SMILES string of the molecule is COc1ccc(CC(O)c2ccc(C(C)(C)C)s2)cc1F. The van der Waals surface area contributed by atoms with Gasteiger partial charge in [0.15, 0.2) is 11.6 Å². The van der Waals surface area contributed by atoms with E-state index in [0.717, 1.165) is 10.4 Å². The Morgan fingerprint density at radius 1 is 1.24 bits per heavy atom. The van der Waals surface area contributed by atoms with E-state index in [1.807, 2.05) is 6.07 Å². The number of halogens is 1. The normalized spacial score (nSPS) is 13.2. The van der Waals surface area contributed by atoms with Crippen molar-refractivity contribution in [2.75, 3.05) is 7.11 Å². The van der Waals surface area contributed by atoms with E-state index in [0.29, 0.717) is 6.42 Å². The molecule has 2 rings (SSSR count). The monoisotopic (exact) mass is 308 g/mol. The molecule has 0 radical (unpaired) electrons. The van der Waals surface area contributed by atoms with Gasteiger partial charge in [0.1, 0.15) is 0 Å². The summed E-state index contributed by atoms with van der Waals surface area (Å²) in [4.78, 5) is 2.15. The number of hydrogen-bond acceptors (Lipinski definition) is 3. The van der Waals surface area contributed by atoms with E-state index < -0.39 is 11.9 Å². The fourth-order valence-corrected chi connectivity index (χ4v) is 3.15. The minimum Gasteiger partial charge on any atom is -0.494 e. The van der Waals surface area contributed by atoms with Gasteiger partial charge in [-0.1, -0.05) is 26.8 Å². The summed E-state index contributed by atoms with van der Waals surface area (Å²) in [6.45, 7) is 6.44. The van der Waals surface area contributed by atoms with Crippen molar-refractivity contribution in [3.63, 3.8) is 0 Å². The van der Waals surface area contributed by atoms with Crippen molar-refractivity contribution in [1.82, 2.24) is 0 Å². The maximum Gasteiger partial charge on any atom is 0.165 e. The number of methoxy groups -OCH3 is 1. The minimum absolute atomic E-state index is 0.0782. The molecule has 0 aliphatic heterocycles. The largest absolute Gasteiger partial charge is 0.494 e. The zero-order chi connectivity index (χ0) is 15.6. The highest BCUT2D eigenvalue weighted by Gasteiger charge is 2.19. The van der Waals surface area contributed by atoms with E-state index in [1.165, 1.54) is 18.1 Å². The van der Waals surface area contributed by atoms with E-state index in [1.54, 1.807) is 23.5 Å². The van der Waals surface area contributed by atoms with E-state index in [2.05, 4.69) is 26.8 Å². The van der Waals surface area contributed by atoms with Gasteiger partial charge in [-0.3, -0.25) is 0 Å². The number of aliphatic hydroxyl groups is 1. The molecular formula is C17H21FO2S. The first-order chi connectivity index (χ1) is 9.81. The van der Waals surface area contributed by atoms with E-state index in [9.17, 15) is 9.50 Å². The van der Waals surface area contributed by atoms with Crippen LogP contribution in [0.15, 0.2) is 30.3 Å². The van der Waals surface area contributed by atoms with Gasteiger partial charge in [-0.15, -0.1) is 11.3 Å². The molecule has 0 saturated carbocycles. The standard InChI is InChI=1S/C17H21FO2S/c1-17(2,3)16-8-7-15(21-16)13(19)10-11-5-6-14(20-4)12(18)9-11/h5-9,13,19H,10H2,1-4H3. The van der Waals surface area contributed by atoms with Gasteiger partial charge in [0, 0.05) is 16.2 Å². The third-order valence-electron chi connectivity index (χ3n) is 3.34. The van der Waals surface area contributed by atoms with Crippen LogP contribution in [0, 0.1) is 5.82 Å². The Labute approximate surface area is 129 Å². The molecule has 0 saturated heterocycles. The summed E-state index contributed by atoms with van der Waals surface area (Å²) < 4.78 is 18.6. The molecule has 1 heterocycles. The molecule has 1 N–H and O–H groups in total.